The van der Waals surface area contributed by atoms with Gasteiger partial charge in [-0.15, -0.1) is 12.6 Å². The van der Waals surface area contributed by atoms with Crippen LogP contribution in [0.1, 0.15) is 38.9 Å². The monoisotopic (exact) mass is 472 g/mol. The third kappa shape index (κ3) is 4.46. The Labute approximate surface area is 185 Å². The van der Waals surface area contributed by atoms with E-state index in [0.29, 0.717) is 25.2 Å². The second-order valence-electron chi connectivity index (χ2n) is 6.80. The van der Waals surface area contributed by atoms with E-state index in [2.05, 4.69) is 17.9 Å². The van der Waals surface area contributed by atoms with Gasteiger partial charge in [0.15, 0.2) is 11.4 Å². The first-order valence-corrected chi connectivity index (χ1v) is 9.84. The number of pyridine rings is 1. The van der Waals surface area contributed by atoms with Crippen LogP contribution in [0.15, 0.2) is 23.1 Å². The lowest BCUT2D eigenvalue weighted by molar-refractivity contribution is 0.0577. The zero-order chi connectivity index (χ0) is 23.6. The minimum absolute atomic E-state index is 0.235. The zero-order valence-electron chi connectivity index (χ0n) is 17.0. The van der Waals surface area contributed by atoms with Gasteiger partial charge in [0.25, 0.3) is 5.91 Å². The van der Waals surface area contributed by atoms with Crippen LogP contribution in [-0.4, -0.2) is 42.7 Å². The minimum Gasteiger partial charge on any atom is -0.491 e. The fourth-order valence-electron chi connectivity index (χ4n) is 3.36. The standard InChI is InChI=1S/C20H19F3N2O6S/c1-29-17-15(19(28)30-2)25(14-3-4-31-20(14)32)8-11(16(17)26)18(27)24-7-10-12(22)5-9(21)6-13(10)23/h5-6,8,14,20,32H,3-4,7H2,1-2H3,(H,24,27)/t14-,20?/m1/s1. The molecule has 3 rings (SSSR count). The summed E-state index contributed by atoms with van der Waals surface area (Å²) >= 11 is 4.31. The molecule has 1 aliphatic heterocycles. The number of thiol groups is 1. The van der Waals surface area contributed by atoms with E-state index in [-0.39, 0.29) is 5.69 Å². The molecule has 1 amide bonds. The van der Waals surface area contributed by atoms with E-state index in [0.717, 1.165) is 20.4 Å². The molecule has 1 aromatic carbocycles. The molecule has 0 radical (unpaired) electrons. The lowest BCUT2D eigenvalue weighted by atomic mass is 10.1. The Hall–Kier alpha value is -2.99. The largest absolute Gasteiger partial charge is 0.491 e. The number of rotatable bonds is 6. The maximum absolute atomic E-state index is 13.9. The van der Waals surface area contributed by atoms with E-state index in [1.165, 1.54) is 4.57 Å². The molecule has 1 N–H and O–H groups in total. The molecule has 2 heterocycles. The van der Waals surface area contributed by atoms with Gasteiger partial charge < -0.3 is 24.1 Å². The quantitative estimate of drug-likeness (QED) is 0.495. The molecule has 0 aliphatic carbocycles. The fourth-order valence-corrected chi connectivity index (χ4v) is 3.76. The second-order valence-corrected chi connectivity index (χ2v) is 7.31. The summed E-state index contributed by atoms with van der Waals surface area (Å²) in [6.07, 6.45) is 1.53. The number of nitrogens with one attached hydrogen (secondary N) is 1. The third-order valence-corrected chi connectivity index (χ3v) is 5.43. The normalized spacial score (nSPS) is 17.8. The molecule has 1 aliphatic rings. The van der Waals surface area contributed by atoms with Gasteiger partial charge >= 0.3 is 5.97 Å². The summed E-state index contributed by atoms with van der Waals surface area (Å²) in [5, 5.41) is 2.22. The van der Waals surface area contributed by atoms with Gasteiger partial charge in [-0.3, -0.25) is 9.59 Å². The van der Waals surface area contributed by atoms with Crippen LogP contribution in [0.25, 0.3) is 0 Å². The first-order chi connectivity index (χ1) is 15.2. The summed E-state index contributed by atoms with van der Waals surface area (Å²) in [5.41, 5.74) is -2.86. The van der Waals surface area contributed by atoms with Crippen molar-refractivity contribution in [1.29, 1.82) is 0 Å². The predicted molar refractivity (Wildman–Crippen MR) is 108 cm³/mol. The summed E-state index contributed by atoms with van der Waals surface area (Å²) in [5.74, 6) is -5.82. The lowest BCUT2D eigenvalue weighted by Crippen LogP contribution is -2.34. The molecule has 1 aromatic heterocycles. The number of amides is 1. The molecule has 2 aromatic rings. The maximum Gasteiger partial charge on any atom is 0.358 e. The summed E-state index contributed by atoms with van der Waals surface area (Å²) in [4.78, 5) is 38.0. The van der Waals surface area contributed by atoms with Crippen LogP contribution >= 0.6 is 12.6 Å². The number of esters is 1. The molecule has 1 fully saturated rings. The Bertz CT molecular complexity index is 1100. The van der Waals surface area contributed by atoms with Crippen LogP contribution in [0, 0.1) is 17.5 Å². The summed E-state index contributed by atoms with van der Waals surface area (Å²) in [6.45, 7) is -0.336. The number of halogens is 3. The highest BCUT2D eigenvalue weighted by Crippen LogP contribution is 2.32. The van der Waals surface area contributed by atoms with Gasteiger partial charge in [-0.05, 0) is 6.42 Å². The number of carbonyl (C=O) groups excluding carboxylic acids is 2. The smallest absolute Gasteiger partial charge is 0.358 e. The Morgan fingerprint density at radius 1 is 1.25 bits per heavy atom. The van der Waals surface area contributed by atoms with E-state index in [1.807, 2.05) is 0 Å². The zero-order valence-corrected chi connectivity index (χ0v) is 17.9. The van der Waals surface area contributed by atoms with E-state index in [9.17, 15) is 27.6 Å². The number of benzene rings is 1. The molecule has 32 heavy (non-hydrogen) atoms. The molecule has 172 valence electrons. The van der Waals surface area contributed by atoms with Gasteiger partial charge in [-0.2, -0.15) is 0 Å². The van der Waals surface area contributed by atoms with Crippen LogP contribution < -0.4 is 15.5 Å². The molecule has 0 bridgehead atoms. The molecule has 8 nitrogen and oxygen atoms in total. The van der Waals surface area contributed by atoms with E-state index < -0.39 is 69.7 Å². The van der Waals surface area contributed by atoms with Gasteiger partial charge in [0.05, 0.1) is 26.9 Å². The summed E-state index contributed by atoms with van der Waals surface area (Å²) in [6, 6.07) is 0.401. The Balaban J connectivity index is 2.03. The number of hydrogen-bond acceptors (Lipinski definition) is 7. The van der Waals surface area contributed by atoms with E-state index in [1.54, 1.807) is 0 Å². The second kappa shape index (κ2) is 9.65. The molecular formula is C20H19F3N2O6S. The highest BCUT2D eigenvalue weighted by atomic mass is 32.1. The van der Waals surface area contributed by atoms with Crippen LogP contribution in [-0.2, 0) is 16.0 Å². The molecular weight excluding hydrogens is 453 g/mol. The average molecular weight is 472 g/mol. The van der Waals surface area contributed by atoms with Crippen LogP contribution in [0.3, 0.4) is 0 Å². The minimum atomic E-state index is -1.19. The van der Waals surface area contributed by atoms with Crippen molar-refractivity contribution in [1.82, 2.24) is 9.88 Å². The maximum atomic E-state index is 13.9. The summed E-state index contributed by atoms with van der Waals surface area (Å²) < 4.78 is 57.4. The number of hydrogen-bond donors (Lipinski definition) is 2. The van der Waals surface area contributed by atoms with Gasteiger partial charge in [0.2, 0.25) is 5.43 Å². The highest BCUT2D eigenvalue weighted by molar-refractivity contribution is 7.80. The third-order valence-electron chi connectivity index (χ3n) is 4.94. The van der Waals surface area contributed by atoms with Crippen LogP contribution in [0.4, 0.5) is 13.2 Å². The average Bonchev–Trinajstić information content (AvgIpc) is 3.17. The first-order valence-electron chi connectivity index (χ1n) is 9.32. The molecule has 12 heteroatoms. The summed E-state index contributed by atoms with van der Waals surface area (Å²) in [7, 11) is 2.26. The fraction of sp³-hybridized carbons (Fsp3) is 0.350. The predicted octanol–water partition coefficient (Wildman–Crippen LogP) is 2.21. The van der Waals surface area contributed by atoms with Crippen molar-refractivity contribution < 1.29 is 37.0 Å². The van der Waals surface area contributed by atoms with Crippen molar-refractivity contribution in [3.8, 4) is 5.75 Å². The number of ether oxygens (including phenoxy) is 3. The Morgan fingerprint density at radius 3 is 2.44 bits per heavy atom. The number of aromatic nitrogens is 1. The Morgan fingerprint density at radius 2 is 1.91 bits per heavy atom. The van der Waals surface area contributed by atoms with Crippen molar-refractivity contribution >= 4 is 24.5 Å². The molecule has 2 atom stereocenters. The van der Waals surface area contributed by atoms with Crippen LogP contribution in [0.5, 0.6) is 5.75 Å². The van der Waals surface area contributed by atoms with Gasteiger partial charge in [-0.1, -0.05) is 0 Å². The lowest BCUT2D eigenvalue weighted by Gasteiger charge is -2.23. The number of carbonyl (C=O) groups is 2. The first kappa shape index (κ1) is 23.7. The molecule has 1 unspecified atom stereocenters. The number of nitrogens with zero attached hydrogens (tertiary/aromatic N) is 1. The van der Waals surface area contributed by atoms with E-state index in [4.69, 9.17) is 14.2 Å². The number of methoxy groups -OCH3 is 2. The van der Waals surface area contributed by atoms with Gasteiger partial charge in [-0.25, -0.2) is 18.0 Å². The van der Waals surface area contributed by atoms with Gasteiger partial charge in [0, 0.05) is 30.4 Å². The topological polar surface area (TPSA) is 95.9 Å². The SMILES string of the molecule is COC(=O)c1c(OC)c(=O)c(C(=O)NCc2c(F)cc(F)cc2F)cn1[C@@H]1CCOC1S. The van der Waals surface area contributed by atoms with Gasteiger partial charge in [0.1, 0.15) is 28.5 Å². The Kier molecular flexibility index (Phi) is 7.14. The molecule has 1 saturated heterocycles. The highest BCUT2D eigenvalue weighted by Gasteiger charge is 2.34. The van der Waals surface area contributed by atoms with Crippen molar-refractivity contribution in [2.24, 2.45) is 0 Å². The van der Waals surface area contributed by atoms with Crippen LogP contribution in [0.2, 0.25) is 0 Å². The van der Waals surface area contributed by atoms with E-state index >= 15 is 0 Å². The van der Waals surface area contributed by atoms with Crippen molar-refractivity contribution in [2.45, 2.75) is 24.4 Å². The van der Waals surface area contributed by atoms with Crippen molar-refractivity contribution in [2.75, 3.05) is 20.8 Å². The molecule has 0 saturated carbocycles. The van der Waals surface area contributed by atoms with Crippen molar-refractivity contribution in [3.05, 3.63) is 62.8 Å². The van der Waals surface area contributed by atoms with Crippen molar-refractivity contribution in [3.63, 3.8) is 0 Å². The molecule has 0 spiro atoms.